The molecule has 0 saturated heterocycles. The Hall–Kier alpha value is -0.560. The predicted octanol–water partition coefficient (Wildman–Crippen LogP) is -0.666. The molecule has 0 aliphatic heterocycles. The van der Waals surface area contributed by atoms with Crippen LogP contribution in [0.1, 0.15) is 5.56 Å². The van der Waals surface area contributed by atoms with E-state index in [-0.39, 0.29) is 17.0 Å². The van der Waals surface area contributed by atoms with Crippen molar-refractivity contribution >= 4 is 6.08 Å². The molecule has 0 spiro atoms. The molecule has 48 valence electrons. The van der Waals surface area contributed by atoms with Gasteiger partial charge in [-0.25, -0.2) is 0 Å². The van der Waals surface area contributed by atoms with Crippen LogP contribution in [0.5, 0.6) is 0 Å². The second-order valence-electron chi connectivity index (χ2n) is 1.61. The van der Waals surface area contributed by atoms with Gasteiger partial charge in [0.25, 0.3) is 0 Å². The van der Waals surface area contributed by atoms with Crippen molar-refractivity contribution in [3.63, 3.8) is 0 Å². The molecule has 1 aromatic carbocycles. The zero-order chi connectivity index (χ0) is 5.82. The van der Waals surface area contributed by atoms with E-state index in [0.717, 1.165) is 0 Å². The molecule has 9 heavy (non-hydrogen) atoms. The van der Waals surface area contributed by atoms with E-state index in [0.29, 0.717) is 0 Å². The van der Waals surface area contributed by atoms with Crippen LogP contribution in [0.4, 0.5) is 0 Å². The van der Waals surface area contributed by atoms with E-state index < -0.39 is 0 Å². The van der Waals surface area contributed by atoms with E-state index in [2.05, 4.69) is 6.58 Å². The van der Waals surface area contributed by atoms with Crippen LogP contribution >= 0.6 is 0 Å². The van der Waals surface area contributed by atoms with Crippen molar-refractivity contribution in [1.82, 2.24) is 0 Å². The molecule has 0 amide bonds. The van der Waals surface area contributed by atoms with E-state index in [1.165, 1.54) is 5.56 Å². The zero-order valence-corrected chi connectivity index (χ0v) is 6.64. The van der Waals surface area contributed by atoms with Crippen LogP contribution < -0.4 is 17.0 Å². The highest BCUT2D eigenvalue weighted by molar-refractivity contribution is 5.45. The summed E-state index contributed by atoms with van der Waals surface area (Å²) in [7, 11) is 0. The van der Waals surface area contributed by atoms with Crippen molar-refractivity contribution in [3.05, 3.63) is 42.5 Å². The Balaban J connectivity index is 0.000000640. The van der Waals surface area contributed by atoms with Crippen LogP contribution in [0.2, 0.25) is 0 Å². The molecular formula is C8H8Br-. The lowest BCUT2D eigenvalue weighted by molar-refractivity contribution is -0.00000158. The van der Waals surface area contributed by atoms with Gasteiger partial charge in [0, 0.05) is 0 Å². The second kappa shape index (κ2) is 4.33. The average Bonchev–Trinajstić information content (AvgIpc) is 1.90. The van der Waals surface area contributed by atoms with Gasteiger partial charge in [0.05, 0.1) is 0 Å². The largest absolute Gasteiger partial charge is 1.00 e. The maximum absolute atomic E-state index is 3.63. The van der Waals surface area contributed by atoms with E-state index in [4.69, 9.17) is 0 Å². The minimum absolute atomic E-state index is 0. The molecule has 1 aromatic rings. The first kappa shape index (κ1) is 8.44. The van der Waals surface area contributed by atoms with Gasteiger partial charge in [0.1, 0.15) is 0 Å². The fraction of sp³-hybridized carbons (Fsp3) is 0. The smallest absolute Gasteiger partial charge is 0.0263 e. The van der Waals surface area contributed by atoms with E-state index >= 15 is 0 Å². The Morgan fingerprint density at radius 1 is 1.11 bits per heavy atom. The summed E-state index contributed by atoms with van der Waals surface area (Å²) in [4.78, 5) is 0. The first-order chi connectivity index (χ1) is 3.93. The van der Waals surface area contributed by atoms with Crippen LogP contribution in [-0.2, 0) is 0 Å². The highest BCUT2D eigenvalue weighted by Crippen LogP contribution is 1.97. The van der Waals surface area contributed by atoms with Crippen LogP contribution in [-0.4, -0.2) is 0 Å². The summed E-state index contributed by atoms with van der Waals surface area (Å²) in [5.41, 5.74) is 1.17. The summed E-state index contributed by atoms with van der Waals surface area (Å²) >= 11 is 0. The van der Waals surface area contributed by atoms with Gasteiger partial charge in [-0.2, -0.15) is 0 Å². The lowest BCUT2D eigenvalue weighted by Crippen LogP contribution is -3.00. The van der Waals surface area contributed by atoms with Gasteiger partial charge in [-0.1, -0.05) is 43.0 Å². The third-order valence-electron chi connectivity index (χ3n) is 1.04. The minimum atomic E-state index is 0. The fourth-order valence-electron chi connectivity index (χ4n) is 0.589. The summed E-state index contributed by atoms with van der Waals surface area (Å²) in [6.07, 6.45) is 1.83. The molecule has 0 saturated carbocycles. The Kier molecular flexibility index (Phi) is 4.06. The Bertz CT molecular complexity index is 167. The maximum Gasteiger partial charge on any atom is -0.0263 e. The molecule has 1 rings (SSSR count). The highest BCUT2D eigenvalue weighted by Gasteiger charge is 1.75. The first-order valence-corrected chi connectivity index (χ1v) is 2.61. The Labute approximate surface area is 66.0 Å². The summed E-state index contributed by atoms with van der Waals surface area (Å²) in [5, 5.41) is 0. The highest BCUT2D eigenvalue weighted by atomic mass is 79.9. The van der Waals surface area contributed by atoms with E-state index in [1.54, 1.807) is 0 Å². The van der Waals surface area contributed by atoms with Gasteiger partial charge < -0.3 is 17.0 Å². The predicted molar refractivity (Wildman–Crippen MR) is 36.5 cm³/mol. The van der Waals surface area contributed by atoms with Gasteiger partial charge in [0.15, 0.2) is 0 Å². The summed E-state index contributed by atoms with van der Waals surface area (Å²) in [6, 6.07) is 10.0. The summed E-state index contributed by atoms with van der Waals surface area (Å²) in [6.45, 7) is 3.63. The molecule has 0 unspecified atom stereocenters. The Morgan fingerprint density at radius 3 is 2.00 bits per heavy atom. The van der Waals surface area contributed by atoms with Gasteiger partial charge >= 0.3 is 0 Å². The van der Waals surface area contributed by atoms with Crippen LogP contribution in [0.3, 0.4) is 0 Å². The lowest BCUT2D eigenvalue weighted by atomic mass is 10.2. The number of hydrogen-bond acceptors (Lipinski definition) is 0. The topological polar surface area (TPSA) is 0 Å². The van der Waals surface area contributed by atoms with Gasteiger partial charge in [-0.3, -0.25) is 0 Å². The molecule has 0 heterocycles. The molecule has 1 heteroatoms. The van der Waals surface area contributed by atoms with Gasteiger partial charge in [0.2, 0.25) is 0 Å². The molecule has 0 radical (unpaired) electrons. The summed E-state index contributed by atoms with van der Waals surface area (Å²) in [5.74, 6) is 0. The van der Waals surface area contributed by atoms with Gasteiger partial charge in [-0.05, 0) is 5.56 Å². The molecule has 0 atom stereocenters. The molecule has 0 fully saturated rings. The van der Waals surface area contributed by atoms with Crippen molar-refractivity contribution in [3.8, 4) is 0 Å². The monoisotopic (exact) mass is 183 g/mol. The fourth-order valence-corrected chi connectivity index (χ4v) is 0.589. The Morgan fingerprint density at radius 2 is 1.67 bits per heavy atom. The third kappa shape index (κ3) is 2.47. The standard InChI is InChI=1S/C8H8.BrH/c1-2-8-6-4-3-5-7-8;/h2-7H,1H2;1H/p-1. The van der Waals surface area contributed by atoms with Crippen LogP contribution in [0.25, 0.3) is 6.08 Å². The van der Waals surface area contributed by atoms with Crippen molar-refractivity contribution in [1.29, 1.82) is 0 Å². The number of hydrogen-bond donors (Lipinski definition) is 0. The molecular weight excluding hydrogens is 176 g/mol. The van der Waals surface area contributed by atoms with Gasteiger partial charge in [-0.15, -0.1) is 0 Å². The third-order valence-corrected chi connectivity index (χ3v) is 1.04. The van der Waals surface area contributed by atoms with Crippen molar-refractivity contribution in [2.24, 2.45) is 0 Å². The number of rotatable bonds is 1. The number of halogens is 1. The van der Waals surface area contributed by atoms with Crippen molar-refractivity contribution in [2.75, 3.05) is 0 Å². The van der Waals surface area contributed by atoms with Crippen molar-refractivity contribution < 1.29 is 17.0 Å². The SMILES string of the molecule is C=Cc1ccccc1.[Br-]. The first-order valence-electron chi connectivity index (χ1n) is 2.61. The molecule has 0 aliphatic rings. The zero-order valence-electron chi connectivity index (χ0n) is 5.05. The quantitative estimate of drug-likeness (QED) is 0.543. The summed E-state index contributed by atoms with van der Waals surface area (Å²) < 4.78 is 0. The molecule has 0 nitrogen and oxygen atoms in total. The van der Waals surface area contributed by atoms with E-state index in [9.17, 15) is 0 Å². The maximum atomic E-state index is 3.63. The second-order valence-corrected chi connectivity index (χ2v) is 1.61. The molecule has 0 aromatic heterocycles. The minimum Gasteiger partial charge on any atom is -1.00 e. The lowest BCUT2D eigenvalue weighted by Gasteiger charge is -1.85. The van der Waals surface area contributed by atoms with Crippen molar-refractivity contribution in [2.45, 2.75) is 0 Å². The average molecular weight is 184 g/mol. The number of benzene rings is 1. The normalized spacial score (nSPS) is 7.56. The molecule has 0 aliphatic carbocycles. The molecule has 0 bridgehead atoms. The van der Waals surface area contributed by atoms with Crippen LogP contribution in [0.15, 0.2) is 36.9 Å². The van der Waals surface area contributed by atoms with Crippen LogP contribution in [0, 0.1) is 0 Å². The molecule has 0 N–H and O–H groups in total. The van der Waals surface area contributed by atoms with E-state index in [1.807, 2.05) is 36.4 Å².